The van der Waals surface area contributed by atoms with Crippen LogP contribution >= 0.6 is 0 Å². The maximum Gasteiger partial charge on any atom is 0.0951 e. The fourth-order valence-electron chi connectivity index (χ4n) is 2.22. The molecule has 1 aromatic heterocycles. The first kappa shape index (κ1) is 16.2. The van der Waals surface area contributed by atoms with Crippen molar-refractivity contribution in [2.24, 2.45) is 0 Å². The molecule has 1 heterocycles. The number of nitrogens with one attached hydrogen (secondary N) is 1. The average Bonchev–Trinajstić information content (AvgIpc) is 2.73. The van der Waals surface area contributed by atoms with Crippen LogP contribution in [0.5, 0.6) is 0 Å². The van der Waals surface area contributed by atoms with E-state index in [4.69, 9.17) is 0 Å². The van der Waals surface area contributed by atoms with E-state index in [2.05, 4.69) is 35.6 Å². The number of aliphatic hydroxyl groups is 1. The van der Waals surface area contributed by atoms with E-state index in [1.165, 1.54) is 5.69 Å². The average molecular weight is 267 g/mol. The number of rotatable bonds is 9. The fourth-order valence-corrected chi connectivity index (χ4v) is 2.22. The molecule has 4 nitrogen and oxygen atoms in total. The maximum absolute atomic E-state index is 9.50. The molecule has 0 fully saturated rings. The molecular weight excluding hydrogens is 238 g/mol. The van der Waals surface area contributed by atoms with E-state index in [0.717, 1.165) is 44.5 Å². The maximum atomic E-state index is 9.50. The van der Waals surface area contributed by atoms with E-state index in [0.29, 0.717) is 0 Å². The molecule has 0 radical (unpaired) electrons. The number of aliphatic hydroxyl groups excluding tert-OH is 1. The topological polar surface area (TPSA) is 50.1 Å². The van der Waals surface area contributed by atoms with Gasteiger partial charge in [-0.3, -0.25) is 0 Å². The van der Waals surface area contributed by atoms with Crippen molar-refractivity contribution in [1.29, 1.82) is 0 Å². The van der Waals surface area contributed by atoms with Crippen LogP contribution in [0.1, 0.15) is 50.9 Å². The molecule has 110 valence electrons. The van der Waals surface area contributed by atoms with Crippen LogP contribution in [-0.4, -0.2) is 33.3 Å². The number of hydrogen-bond donors (Lipinski definition) is 2. The minimum Gasteiger partial charge on any atom is -0.394 e. The van der Waals surface area contributed by atoms with Crippen molar-refractivity contribution in [3.8, 4) is 0 Å². The molecule has 1 unspecified atom stereocenters. The fraction of sp³-hybridized carbons (Fsp3) is 0.800. The lowest BCUT2D eigenvalue weighted by Crippen LogP contribution is -2.46. The molecule has 0 aliphatic rings. The van der Waals surface area contributed by atoms with Crippen LogP contribution in [0.3, 0.4) is 0 Å². The second-order valence-electron chi connectivity index (χ2n) is 5.71. The highest BCUT2D eigenvalue weighted by atomic mass is 16.3. The van der Waals surface area contributed by atoms with Gasteiger partial charge in [0, 0.05) is 17.8 Å². The molecular formula is C15H29N3O. The van der Waals surface area contributed by atoms with Gasteiger partial charge in [0.2, 0.25) is 0 Å². The van der Waals surface area contributed by atoms with Crippen LogP contribution < -0.4 is 5.32 Å². The Morgan fingerprint density at radius 1 is 1.37 bits per heavy atom. The molecule has 0 aromatic carbocycles. The number of aromatic nitrogens is 2. The van der Waals surface area contributed by atoms with Crippen LogP contribution in [0.25, 0.3) is 0 Å². The molecule has 4 heteroatoms. The summed E-state index contributed by atoms with van der Waals surface area (Å²) < 4.78 is 2.21. The third-order valence-corrected chi connectivity index (χ3v) is 3.87. The summed E-state index contributed by atoms with van der Waals surface area (Å²) in [5.74, 6) is 0. The van der Waals surface area contributed by atoms with Crippen molar-refractivity contribution in [1.82, 2.24) is 14.9 Å². The Morgan fingerprint density at radius 3 is 2.63 bits per heavy atom. The number of unbranched alkanes of at least 4 members (excludes halogenated alkanes) is 1. The summed E-state index contributed by atoms with van der Waals surface area (Å²) in [6, 6.07) is 0. The largest absolute Gasteiger partial charge is 0.394 e. The predicted octanol–water partition coefficient (Wildman–Crippen LogP) is 2.42. The quantitative estimate of drug-likeness (QED) is 0.676. The number of hydrogen-bond acceptors (Lipinski definition) is 3. The summed E-state index contributed by atoms with van der Waals surface area (Å²) in [4.78, 5) is 4.31. The zero-order valence-electron chi connectivity index (χ0n) is 12.9. The van der Waals surface area contributed by atoms with Gasteiger partial charge < -0.3 is 15.0 Å². The van der Waals surface area contributed by atoms with Crippen molar-refractivity contribution in [3.05, 3.63) is 17.7 Å². The third kappa shape index (κ3) is 4.96. The van der Waals surface area contributed by atoms with E-state index < -0.39 is 0 Å². The Morgan fingerprint density at radius 2 is 2.11 bits per heavy atom. The van der Waals surface area contributed by atoms with Gasteiger partial charge in [0.25, 0.3) is 0 Å². The van der Waals surface area contributed by atoms with Crippen molar-refractivity contribution in [2.45, 2.75) is 65.5 Å². The van der Waals surface area contributed by atoms with Gasteiger partial charge in [0.15, 0.2) is 0 Å². The van der Waals surface area contributed by atoms with Crippen molar-refractivity contribution in [2.75, 3.05) is 13.2 Å². The molecule has 0 saturated heterocycles. The number of nitrogens with zero attached hydrogens (tertiary/aromatic N) is 2. The molecule has 1 rings (SSSR count). The molecule has 1 atom stereocenters. The van der Waals surface area contributed by atoms with Gasteiger partial charge in [-0.2, -0.15) is 0 Å². The summed E-state index contributed by atoms with van der Waals surface area (Å²) >= 11 is 0. The predicted molar refractivity (Wildman–Crippen MR) is 79.3 cm³/mol. The van der Waals surface area contributed by atoms with Gasteiger partial charge in [0.05, 0.1) is 18.6 Å². The molecule has 0 aliphatic carbocycles. The van der Waals surface area contributed by atoms with E-state index in [-0.39, 0.29) is 12.1 Å². The van der Waals surface area contributed by atoms with Crippen LogP contribution in [-0.2, 0) is 6.54 Å². The Balaban J connectivity index is 2.31. The third-order valence-electron chi connectivity index (χ3n) is 3.87. The first-order valence-corrected chi connectivity index (χ1v) is 7.36. The second-order valence-corrected chi connectivity index (χ2v) is 5.71. The van der Waals surface area contributed by atoms with Crippen LogP contribution in [0, 0.1) is 13.8 Å². The van der Waals surface area contributed by atoms with Gasteiger partial charge in [-0.25, -0.2) is 4.98 Å². The van der Waals surface area contributed by atoms with Crippen LogP contribution in [0.4, 0.5) is 0 Å². The molecule has 0 saturated carbocycles. The van der Waals surface area contributed by atoms with Crippen LogP contribution in [0.15, 0.2) is 6.33 Å². The first-order valence-electron chi connectivity index (χ1n) is 7.36. The Bertz CT molecular complexity index is 375. The van der Waals surface area contributed by atoms with E-state index in [1.807, 2.05) is 13.3 Å². The van der Waals surface area contributed by atoms with Gasteiger partial charge in [-0.1, -0.05) is 6.92 Å². The lowest BCUT2D eigenvalue weighted by Gasteiger charge is -2.29. The number of imidazole rings is 1. The minimum atomic E-state index is -0.129. The normalized spacial score (nSPS) is 14.6. The monoisotopic (exact) mass is 267 g/mol. The molecule has 0 aliphatic heterocycles. The summed E-state index contributed by atoms with van der Waals surface area (Å²) in [5, 5.41) is 12.9. The minimum absolute atomic E-state index is 0.129. The van der Waals surface area contributed by atoms with Crippen LogP contribution in [0.2, 0.25) is 0 Å². The molecule has 2 N–H and O–H groups in total. The molecule has 1 aromatic rings. The Hall–Kier alpha value is -0.870. The van der Waals surface area contributed by atoms with Crippen molar-refractivity contribution >= 4 is 0 Å². The summed E-state index contributed by atoms with van der Waals surface area (Å²) in [6.45, 7) is 10.6. The first-order chi connectivity index (χ1) is 9.02. The van der Waals surface area contributed by atoms with Gasteiger partial charge >= 0.3 is 0 Å². The summed E-state index contributed by atoms with van der Waals surface area (Å²) in [5.41, 5.74) is 2.24. The van der Waals surface area contributed by atoms with Gasteiger partial charge in [0.1, 0.15) is 0 Å². The lowest BCUT2D eigenvalue weighted by atomic mass is 9.95. The Kier molecular flexibility index (Phi) is 6.52. The highest BCUT2D eigenvalue weighted by Crippen LogP contribution is 2.14. The van der Waals surface area contributed by atoms with Gasteiger partial charge in [-0.05, 0) is 53.0 Å². The molecule has 0 spiro atoms. The second kappa shape index (κ2) is 7.65. The van der Waals surface area contributed by atoms with E-state index >= 15 is 0 Å². The Labute approximate surface area is 117 Å². The zero-order chi connectivity index (χ0) is 14.3. The molecule has 0 amide bonds. The van der Waals surface area contributed by atoms with Gasteiger partial charge in [-0.15, -0.1) is 0 Å². The van der Waals surface area contributed by atoms with E-state index in [1.54, 1.807) is 0 Å². The van der Waals surface area contributed by atoms with Crippen molar-refractivity contribution < 1.29 is 5.11 Å². The molecule has 19 heavy (non-hydrogen) atoms. The number of aryl methyl sites for hydroxylation is 2. The smallest absolute Gasteiger partial charge is 0.0951 e. The highest BCUT2D eigenvalue weighted by molar-refractivity contribution is 5.08. The van der Waals surface area contributed by atoms with Crippen molar-refractivity contribution in [3.63, 3.8) is 0 Å². The highest BCUT2D eigenvalue weighted by Gasteiger charge is 2.21. The SMILES string of the molecule is CCCNC(C)(CO)CCCCn1cnc(C)c1C. The summed E-state index contributed by atoms with van der Waals surface area (Å²) in [6.07, 6.45) is 6.27. The zero-order valence-corrected chi connectivity index (χ0v) is 12.9. The standard InChI is InChI=1S/C15H29N3O/c1-5-9-17-15(4,11-19)8-6-7-10-18-12-16-13(2)14(18)3/h12,17,19H,5-11H2,1-4H3. The lowest BCUT2D eigenvalue weighted by molar-refractivity contribution is 0.162. The summed E-state index contributed by atoms with van der Waals surface area (Å²) in [7, 11) is 0. The van der Waals surface area contributed by atoms with E-state index in [9.17, 15) is 5.11 Å². The molecule has 0 bridgehead atoms.